The number of carbonyl (C=O) groups is 3. The summed E-state index contributed by atoms with van der Waals surface area (Å²) in [4.78, 5) is 36.5. The van der Waals surface area contributed by atoms with Gasteiger partial charge in [-0.3, -0.25) is 9.59 Å². The van der Waals surface area contributed by atoms with Crippen LogP contribution in [0, 0.1) is 0 Å². The van der Waals surface area contributed by atoms with Crippen LogP contribution in [0.15, 0.2) is 0 Å². The maximum atomic E-state index is 12.6. The monoisotopic (exact) mass is 629 g/mol. The van der Waals surface area contributed by atoms with Crippen LogP contribution in [0.3, 0.4) is 0 Å². The van der Waals surface area contributed by atoms with E-state index < -0.39 is 24.3 Å². The molecule has 0 aliphatic heterocycles. The van der Waals surface area contributed by atoms with Gasteiger partial charge in [0.2, 0.25) is 0 Å². The quantitative estimate of drug-likeness (QED) is 0.0359. The van der Waals surface area contributed by atoms with E-state index >= 15 is 0 Å². The summed E-state index contributed by atoms with van der Waals surface area (Å²) < 4.78 is 22.3. The van der Waals surface area contributed by atoms with Crippen molar-refractivity contribution in [1.82, 2.24) is 0 Å². The van der Waals surface area contributed by atoms with Crippen LogP contribution >= 0.6 is 0 Å². The Kier molecular flexibility index (Phi) is 27.6. The summed E-state index contributed by atoms with van der Waals surface area (Å²) in [5.41, 5.74) is 0. The third-order valence-corrected chi connectivity index (χ3v) is 7.60. The van der Waals surface area contributed by atoms with E-state index in [0.29, 0.717) is 17.4 Å². The van der Waals surface area contributed by atoms with Gasteiger partial charge in [0.15, 0.2) is 12.4 Å². The first-order valence-electron chi connectivity index (χ1n) is 17.7. The van der Waals surface area contributed by atoms with Crippen molar-refractivity contribution in [1.29, 1.82) is 0 Å². The van der Waals surface area contributed by atoms with Gasteiger partial charge in [-0.25, -0.2) is 0 Å². The van der Waals surface area contributed by atoms with Gasteiger partial charge in [0.25, 0.3) is 0 Å². The second-order valence-corrected chi connectivity index (χ2v) is 13.2. The van der Waals surface area contributed by atoms with E-state index in [1.165, 1.54) is 83.5 Å². The molecule has 0 bridgehead atoms. The molecule has 0 aromatic rings. The Morgan fingerprint density at radius 3 is 1.45 bits per heavy atom. The molecule has 9 heteroatoms. The van der Waals surface area contributed by atoms with Gasteiger partial charge in [0.1, 0.15) is 13.2 Å². The number of likely N-dealkylation sites (N-methyl/N-ethyl adjacent to an activating group) is 1. The third-order valence-electron chi connectivity index (χ3n) is 7.60. The molecule has 0 radical (unpaired) electrons. The number of unbranched alkanes of at least 4 members (excludes halogenated alkanes) is 17. The molecule has 2 atom stereocenters. The largest absolute Gasteiger partial charge is 0.545 e. The molecule has 0 amide bonds. The van der Waals surface area contributed by atoms with Crippen molar-refractivity contribution in [2.24, 2.45) is 0 Å². The molecule has 0 N–H and O–H groups in total. The minimum Gasteiger partial charge on any atom is -0.545 e. The molecule has 9 nitrogen and oxygen atoms in total. The van der Waals surface area contributed by atoms with Crippen LogP contribution in [0.2, 0.25) is 0 Å². The second kappa shape index (κ2) is 28.7. The van der Waals surface area contributed by atoms with Crippen LogP contribution in [0.4, 0.5) is 0 Å². The van der Waals surface area contributed by atoms with Crippen molar-refractivity contribution in [3.8, 4) is 0 Å². The molecule has 0 saturated carbocycles. The van der Waals surface area contributed by atoms with Gasteiger partial charge < -0.3 is 33.3 Å². The van der Waals surface area contributed by atoms with Crippen LogP contribution in [-0.4, -0.2) is 82.3 Å². The fourth-order valence-electron chi connectivity index (χ4n) is 4.77. The second-order valence-electron chi connectivity index (χ2n) is 13.2. The summed E-state index contributed by atoms with van der Waals surface area (Å²) in [5.74, 6) is -2.29. The number of carboxylic acid groups (broad SMARTS) is 1. The predicted octanol–water partition coefficient (Wildman–Crippen LogP) is 6.49. The highest BCUT2D eigenvalue weighted by atomic mass is 16.7. The Morgan fingerprint density at radius 1 is 0.591 bits per heavy atom. The van der Waals surface area contributed by atoms with Crippen molar-refractivity contribution in [2.45, 2.75) is 161 Å². The third kappa shape index (κ3) is 29.0. The van der Waals surface area contributed by atoms with Crippen LogP contribution in [0.1, 0.15) is 149 Å². The maximum Gasteiger partial charge on any atom is 0.306 e. The van der Waals surface area contributed by atoms with E-state index in [1.807, 2.05) is 21.1 Å². The first-order valence-corrected chi connectivity index (χ1v) is 17.7. The topological polar surface area (TPSA) is 111 Å². The summed E-state index contributed by atoms with van der Waals surface area (Å²) in [7, 11) is 5.89. The fraction of sp³-hybridized carbons (Fsp3) is 0.914. The molecule has 0 heterocycles. The number of carboxylic acids is 1. The minimum atomic E-state index is -1.61. The number of hydrogen-bond donors (Lipinski definition) is 0. The van der Waals surface area contributed by atoms with E-state index in [9.17, 15) is 19.5 Å². The predicted molar refractivity (Wildman–Crippen MR) is 173 cm³/mol. The molecular weight excluding hydrogens is 562 g/mol. The van der Waals surface area contributed by atoms with Crippen molar-refractivity contribution in [2.75, 3.05) is 47.5 Å². The zero-order valence-corrected chi connectivity index (χ0v) is 29.0. The zero-order chi connectivity index (χ0) is 32.9. The molecule has 0 saturated heterocycles. The Bertz CT molecular complexity index is 709. The SMILES string of the molecule is CCCCCCCCCCCCCCC(=O)OC(COC(=O)CCCCCCCCC)COC(OCC[N+](C)(C)C)C(=O)[O-]. The smallest absolute Gasteiger partial charge is 0.306 e. The Morgan fingerprint density at radius 2 is 1.02 bits per heavy atom. The molecule has 0 fully saturated rings. The van der Waals surface area contributed by atoms with Crippen LogP contribution in [0.5, 0.6) is 0 Å². The average Bonchev–Trinajstić information content (AvgIpc) is 2.96. The lowest BCUT2D eigenvalue weighted by Gasteiger charge is -2.26. The van der Waals surface area contributed by atoms with Crippen molar-refractivity contribution >= 4 is 17.9 Å². The average molecular weight is 630 g/mol. The molecule has 44 heavy (non-hydrogen) atoms. The van der Waals surface area contributed by atoms with Gasteiger partial charge in [-0.2, -0.15) is 0 Å². The van der Waals surface area contributed by atoms with Gasteiger partial charge in [0, 0.05) is 12.8 Å². The summed E-state index contributed by atoms with van der Waals surface area (Å²) in [6.07, 6.45) is 20.1. The zero-order valence-electron chi connectivity index (χ0n) is 29.0. The first-order chi connectivity index (χ1) is 21.1. The minimum absolute atomic E-state index is 0.152. The number of quaternary nitrogens is 1. The highest BCUT2D eigenvalue weighted by Gasteiger charge is 2.21. The van der Waals surface area contributed by atoms with E-state index in [1.54, 1.807) is 0 Å². The summed E-state index contributed by atoms with van der Waals surface area (Å²) in [6, 6.07) is 0. The van der Waals surface area contributed by atoms with E-state index in [0.717, 1.165) is 38.5 Å². The van der Waals surface area contributed by atoms with Gasteiger partial charge in [-0.15, -0.1) is 0 Å². The molecule has 2 unspecified atom stereocenters. The normalized spacial score (nSPS) is 13.0. The highest BCUT2D eigenvalue weighted by Crippen LogP contribution is 2.14. The number of nitrogens with zero attached hydrogens (tertiary/aromatic N) is 1. The molecule has 0 aromatic heterocycles. The van der Waals surface area contributed by atoms with E-state index in [4.69, 9.17) is 18.9 Å². The molecule has 0 aromatic carbocycles. The molecular formula is C35H67NO8. The molecule has 0 spiro atoms. The van der Waals surface area contributed by atoms with Crippen LogP contribution in [-0.2, 0) is 33.3 Å². The van der Waals surface area contributed by atoms with Crippen molar-refractivity contribution in [3.05, 3.63) is 0 Å². The standard InChI is InChI=1S/C35H67NO8/c1-6-8-10-12-14-15-16-17-18-20-22-24-26-33(38)44-31(29-42-32(37)25-23-21-19-13-11-9-7-2)30-43-35(34(39)40)41-28-27-36(3,4)5/h31,35H,6-30H2,1-5H3. The molecule has 260 valence electrons. The molecule has 0 rings (SSSR count). The summed E-state index contributed by atoms with van der Waals surface area (Å²) >= 11 is 0. The Balaban J connectivity index is 4.55. The highest BCUT2D eigenvalue weighted by molar-refractivity contribution is 5.70. The van der Waals surface area contributed by atoms with Gasteiger partial charge in [-0.05, 0) is 12.8 Å². The fourth-order valence-corrected chi connectivity index (χ4v) is 4.77. The number of carbonyl (C=O) groups excluding carboxylic acids is 3. The lowest BCUT2D eigenvalue weighted by Crippen LogP contribution is -2.44. The first kappa shape index (κ1) is 42.3. The lowest BCUT2D eigenvalue weighted by atomic mass is 10.0. The molecule has 0 aliphatic rings. The van der Waals surface area contributed by atoms with Crippen molar-refractivity contribution < 1.29 is 42.9 Å². The van der Waals surface area contributed by atoms with Gasteiger partial charge in [0.05, 0.1) is 40.3 Å². The number of ether oxygens (including phenoxy) is 4. The van der Waals surface area contributed by atoms with Gasteiger partial charge in [-0.1, -0.05) is 123 Å². The Hall–Kier alpha value is -1.71. The van der Waals surface area contributed by atoms with Gasteiger partial charge >= 0.3 is 11.9 Å². The van der Waals surface area contributed by atoms with E-state index in [2.05, 4.69) is 13.8 Å². The van der Waals surface area contributed by atoms with Crippen LogP contribution < -0.4 is 5.11 Å². The Labute approximate surface area is 269 Å². The van der Waals surface area contributed by atoms with Crippen molar-refractivity contribution in [3.63, 3.8) is 0 Å². The number of aliphatic carboxylic acids is 1. The molecule has 0 aliphatic carbocycles. The summed E-state index contributed by atoms with van der Waals surface area (Å²) in [5, 5.41) is 11.6. The number of esters is 2. The van der Waals surface area contributed by atoms with Crippen LogP contribution in [0.25, 0.3) is 0 Å². The lowest BCUT2D eigenvalue weighted by molar-refractivity contribution is -0.870. The number of hydrogen-bond acceptors (Lipinski definition) is 8. The number of rotatable bonds is 32. The summed E-state index contributed by atoms with van der Waals surface area (Å²) in [6.45, 7) is 4.67. The van der Waals surface area contributed by atoms with E-state index in [-0.39, 0.29) is 32.2 Å². The maximum absolute atomic E-state index is 12.6.